The Balaban J connectivity index is 1.89. The van der Waals surface area contributed by atoms with Crippen LogP contribution in [0.5, 0.6) is 0 Å². The van der Waals surface area contributed by atoms with Crippen LogP contribution < -0.4 is 5.73 Å². The molecule has 0 aliphatic carbocycles. The van der Waals surface area contributed by atoms with Gasteiger partial charge < -0.3 is 30.3 Å². The third kappa shape index (κ3) is 7.18. The first-order chi connectivity index (χ1) is 18.3. The molecule has 3 aromatic rings. The fourth-order valence-electron chi connectivity index (χ4n) is 3.40. The molecule has 1 heterocycles. The standard InChI is InChI=1S/C26H26N4O8/c27-23(33)19-11-29-20(12-28-19)24(34)30(21(13-31)25(35)37-15-17-7-3-1-4-8-17)22(14-32)26(36)38-16-18-9-5-2-6-10-18/h1-12,21-22,31-32H,13-16H2,(H2,27,33)/t21-,22-/m1/s1. The van der Waals surface area contributed by atoms with E-state index >= 15 is 0 Å². The Morgan fingerprint density at radius 1 is 0.737 bits per heavy atom. The Bertz CT molecular complexity index is 1180. The number of esters is 2. The van der Waals surface area contributed by atoms with Crippen molar-refractivity contribution in [2.45, 2.75) is 25.3 Å². The van der Waals surface area contributed by atoms with Gasteiger partial charge in [-0.1, -0.05) is 60.7 Å². The lowest BCUT2D eigenvalue weighted by Crippen LogP contribution is -2.57. The molecule has 0 aliphatic rings. The van der Waals surface area contributed by atoms with Crippen molar-refractivity contribution in [2.75, 3.05) is 13.2 Å². The van der Waals surface area contributed by atoms with Crippen molar-refractivity contribution in [3.63, 3.8) is 0 Å². The largest absolute Gasteiger partial charge is 0.459 e. The first-order valence-electron chi connectivity index (χ1n) is 11.4. The van der Waals surface area contributed by atoms with Crippen molar-refractivity contribution < 1.29 is 38.9 Å². The number of hydrogen-bond donors (Lipinski definition) is 3. The van der Waals surface area contributed by atoms with Crippen molar-refractivity contribution in [2.24, 2.45) is 5.73 Å². The zero-order valence-electron chi connectivity index (χ0n) is 20.2. The minimum Gasteiger partial charge on any atom is -0.459 e. The van der Waals surface area contributed by atoms with Crippen LogP contribution in [0, 0.1) is 0 Å². The maximum Gasteiger partial charge on any atom is 0.331 e. The van der Waals surface area contributed by atoms with Crippen LogP contribution >= 0.6 is 0 Å². The minimum atomic E-state index is -1.72. The number of primary amides is 1. The molecule has 1 aromatic heterocycles. The quantitative estimate of drug-likeness (QED) is 0.278. The van der Waals surface area contributed by atoms with Gasteiger partial charge in [0.05, 0.1) is 25.6 Å². The van der Waals surface area contributed by atoms with Crippen LogP contribution in [-0.4, -0.2) is 74.1 Å². The second-order valence-corrected chi connectivity index (χ2v) is 7.95. The lowest BCUT2D eigenvalue weighted by atomic mass is 10.1. The van der Waals surface area contributed by atoms with E-state index in [0.29, 0.717) is 16.0 Å². The van der Waals surface area contributed by atoms with E-state index in [0.717, 1.165) is 12.4 Å². The van der Waals surface area contributed by atoms with Crippen LogP contribution in [0.15, 0.2) is 73.1 Å². The Hall–Kier alpha value is -4.68. The number of rotatable bonds is 12. The molecule has 2 amide bonds. The molecule has 2 atom stereocenters. The third-order valence-electron chi connectivity index (χ3n) is 5.37. The first-order valence-corrected chi connectivity index (χ1v) is 11.4. The number of carbonyl (C=O) groups excluding carboxylic acids is 4. The van der Waals surface area contributed by atoms with Gasteiger partial charge in [0.15, 0.2) is 12.1 Å². The van der Waals surface area contributed by atoms with Crippen molar-refractivity contribution in [3.8, 4) is 0 Å². The summed E-state index contributed by atoms with van der Waals surface area (Å²) in [6.07, 6.45) is 1.86. The van der Waals surface area contributed by atoms with Crippen LogP contribution in [0.4, 0.5) is 0 Å². The summed E-state index contributed by atoms with van der Waals surface area (Å²) in [5.74, 6) is -4.02. The Kier molecular flexibility index (Phi) is 9.97. The van der Waals surface area contributed by atoms with Crippen molar-refractivity contribution in [3.05, 3.63) is 95.6 Å². The molecule has 0 aliphatic heterocycles. The number of ether oxygens (including phenoxy) is 2. The predicted molar refractivity (Wildman–Crippen MR) is 131 cm³/mol. The molecule has 0 unspecified atom stereocenters. The zero-order chi connectivity index (χ0) is 27.5. The number of aliphatic hydroxyl groups is 2. The van der Waals surface area contributed by atoms with E-state index in [1.54, 1.807) is 60.7 Å². The number of aromatic nitrogens is 2. The Morgan fingerprint density at radius 3 is 1.53 bits per heavy atom. The van der Waals surface area contributed by atoms with Crippen LogP contribution in [0.3, 0.4) is 0 Å². The molecule has 0 bridgehead atoms. The molecule has 198 valence electrons. The molecule has 38 heavy (non-hydrogen) atoms. The van der Waals surface area contributed by atoms with Gasteiger partial charge >= 0.3 is 11.9 Å². The monoisotopic (exact) mass is 522 g/mol. The van der Waals surface area contributed by atoms with Gasteiger partial charge in [0, 0.05) is 0 Å². The smallest absolute Gasteiger partial charge is 0.331 e. The van der Waals surface area contributed by atoms with Crippen molar-refractivity contribution in [1.29, 1.82) is 0 Å². The molecular formula is C26H26N4O8. The summed E-state index contributed by atoms with van der Waals surface area (Å²) < 4.78 is 10.6. The lowest BCUT2D eigenvalue weighted by Gasteiger charge is -2.33. The van der Waals surface area contributed by atoms with E-state index in [-0.39, 0.29) is 18.9 Å². The summed E-state index contributed by atoms with van der Waals surface area (Å²) in [5.41, 5.74) is 5.82. The molecule has 12 nitrogen and oxygen atoms in total. The number of aliphatic hydroxyl groups excluding tert-OH is 2. The third-order valence-corrected chi connectivity index (χ3v) is 5.37. The highest BCUT2D eigenvalue weighted by Crippen LogP contribution is 2.16. The minimum absolute atomic E-state index is 0.173. The summed E-state index contributed by atoms with van der Waals surface area (Å²) in [6, 6.07) is 13.9. The number of benzene rings is 2. The Morgan fingerprint density at radius 2 is 1.16 bits per heavy atom. The number of nitrogens with two attached hydrogens (primary N) is 1. The highest BCUT2D eigenvalue weighted by Gasteiger charge is 2.41. The molecule has 0 saturated carbocycles. The van der Waals surface area contributed by atoms with E-state index in [1.165, 1.54) is 0 Å². The zero-order valence-corrected chi connectivity index (χ0v) is 20.2. The number of nitrogens with zero attached hydrogens (tertiary/aromatic N) is 3. The highest BCUT2D eigenvalue weighted by atomic mass is 16.5. The fourth-order valence-corrected chi connectivity index (χ4v) is 3.40. The maximum atomic E-state index is 13.5. The van der Waals surface area contributed by atoms with Gasteiger partial charge in [0.25, 0.3) is 11.8 Å². The van der Waals surface area contributed by atoms with Crippen molar-refractivity contribution >= 4 is 23.8 Å². The second-order valence-electron chi connectivity index (χ2n) is 7.95. The molecule has 0 saturated heterocycles. The van der Waals surface area contributed by atoms with E-state index in [1.807, 2.05) is 0 Å². The first kappa shape index (κ1) is 27.9. The van der Waals surface area contributed by atoms with E-state index in [2.05, 4.69) is 9.97 Å². The predicted octanol–water partition coefficient (Wildman–Crippen LogP) is 0.226. The average molecular weight is 523 g/mol. The summed E-state index contributed by atoms with van der Waals surface area (Å²) in [5, 5.41) is 20.2. The average Bonchev–Trinajstić information content (AvgIpc) is 2.95. The van der Waals surface area contributed by atoms with Crippen molar-refractivity contribution in [1.82, 2.24) is 14.9 Å². The van der Waals surface area contributed by atoms with Gasteiger partial charge in [-0.15, -0.1) is 0 Å². The Labute approximate surface area is 217 Å². The SMILES string of the molecule is NC(=O)c1cnc(C(=O)N([C@H](CO)C(=O)OCc2ccccc2)[C@H](CO)C(=O)OCc2ccccc2)cn1. The van der Waals surface area contributed by atoms with Gasteiger partial charge in [0.2, 0.25) is 0 Å². The van der Waals surface area contributed by atoms with Crippen LogP contribution in [-0.2, 0) is 32.3 Å². The maximum absolute atomic E-state index is 13.5. The number of hydrogen-bond acceptors (Lipinski definition) is 10. The van der Waals surface area contributed by atoms with E-state index in [9.17, 15) is 29.4 Å². The normalized spacial score (nSPS) is 12.2. The molecule has 0 radical (unpaired) electrons. The van der Waals surface area contributed by atoms with E-state index in [4.69, 9.17) is 15.2 Å². The van der Waals surface area contributed by atoms with Gasteiger partial charge in [-0.05, 0) is 11.1 Å². The van der Waals surface area contributed by atoms with Gasteiger partial charge in [0.1, 0.15) is 24.6 Å². The van der Waals surface area contributed by atoms with Gasteiger partial charge in [-0.25, -0.2) is 19.6 Å². The second kappa shape index (κ2) is 13.6. The fraction of sp³-hybridized carbons (Fsp3) is 0.231. The summed E-state index contributed by atoms with van der Waals surface area (Å²) in [4.78, 5) is 59.0. The van der Waals surface area contributed by atoms with Crippen LogP contribution in [0.2, 0.25) is 0 Å². The molecule has 0 spiro atoms. The lowest BCUT2D eigenvalue weighted by molar-refractivity contribution is -0.159. The van der Waals surface area contributed by atoms with Gasteiger partial charge in [-0.2, -0.15) is 0 Å². The van der Waals surface area contributed by atoms with Gasteiger partial charge in [-0.3, -0.25) is 9.59 Å². The molecule has 3 rings (SSSR count). The molecule has 12 heteroatoms. The van der Waals surface area contributed by atoms with E-state index < -0.39 is 54.7 Å². The summed E-state index contributed by atoms with van der Waals surface area (Å²) >= 11 is 0. The number of amides is 2. The summed E-state index contributed by atoms with van der Waals surface area (Å²) in [7, 11) is 0. The topological polar surface area (TPSA) is 182 Å². The van der Waals surface area contributed by atoms with Crippen LogP contribution in [0.25, 0.3) is 0 Å². The van der Waals surface area contributed by atoms with Crippen LogP contribution in [0.1, 0.15) is 32.1 Å². The number of carbonyl (C=O) groups is 4. The molecular weight excluding hydrogens is 496 g/mol. The molecule has 0 fully saturated rings. The highest BCUT2D eigenvalue weighted by molar-refractivity contribution is 5.98. The summed E-state index contributed by atoms with van der Waals surface area (Å²) in [6.45, 7) is -2.25. The molecule has 4 N–H and O–H groups in total. The molecule has 2 aromatic carbocycles.